The van der Waals surface area contributed by atoms with Crippen LogP contribution < -0.4 is 26.6 Å². The SMILES string of the molecule is NC1(C(=O)N[C@@H](CCOCCN2CCC(OC3CCN(C(=O)[C@H](NC(=O)c4cccc(C5CCCN(C(=O)CNC6CC6)C5)c4)C4CCCCC4)CC3)CC2)c2ccc(Cl)cc2)CCN(c2ncnc3[nH]ccc23)CC1. The second kappa shape index (κ2) is 25.5. The monoisotopic (exact) mass is 1060 g/mol. The Morgan fingerprint density at radius 2 is 1.54 bits per heavy atom. The zero-order chi connectivity index (χ0) is 52.4. The van der Waals surface area contributed by atoms with Gasteiger partial charge in [0.05, 0.1) is 42.3 Å². The Labute approximate surface area is 453 Å². The number of benzene rings is 2. The third-order valence-electron chi connectivity index (χ3n) is 17.3. The zero-order valence-electron chi connectivity index (χ0n) is 44.3. The van der Waals surface area contributed by atoms with Crippen LogP contribution in [0.15, 0.2) is 67.1 Å². The summed E-state index contributed by atoms with van der Waals surface area (Å²) in [4.78, 5) is 75.9. The molecule has 17 nitrogen and oxygen atoms in total. The van der Waals surface area contributed by atoms with Crippen LogP contribution in [0.4, 0.5) is 5.82 Å². The van der Waals surface area contributed by atoms with E-state index in [-0.39, 0.29) is 53.7 Å². The highest BCUT2D eigenvalue weighted by atomic mass is 35.5. The summed E-state index contributed by atoms with van der Waals surface area (Å²) in [6, 6.07) is 17.1. The number of nitrogens with one attached hydrogen (secondary N) is 4. The summed E-state index contributed by atoms with van der Waals surface area (Å²) < 4.78 is 12.9. The first-order valence-electron chi connectivity index (χ1n) is 28.6. The number of carbonyl (C=O) groups is 4. The first kappa shape index (κ1) is 54.2. The Balaban J connectivity index is 0.641. The predicted octanol–water partition coefficient (Wildman–Crippen LogP) is 6.48. The van der Waals surface area contributed by atoms with Crippen molar-refractivity contribution < 1.29 is 28.7 Å². The molecule has 76 heavy (non-hydrogen) atoms. The number of hydrogen-bond donors (Lipinski definition) is 5. The van der Waals surface area contributed by atoms with Crippen LogP contribution in [-0.4, -0.2) is 162 Å². The van der Waals surface area contributed by atoms with Crippen LogP contribution in [0.3, 0.4) is 0 Å². The normalized spacial score (nSPS) is 22.1. The molecule has 6 fully saturated rings. The van der Waals surface area contributed by atoms with Crippen molar-refractivity contribution in [3.63, 3.8) is 0 Å². The molecule has 4 saturated heterocycles. The molecule has 6 N–H and O–H groups in total. The number of ether oxygens (including phenoxy) is 2. The number of carbonyl (C=O) groups excluding carboxylic acids is 4. The topological polar surface area (TPSA) is 203 Å². The molecule has 2 saturated carbocycles. The maximum atomic E-state index is 14.4. The third-order valence-corrected chi connectivity index (χ3v) is 17.5. The highest BCUT2D eigenvalue weighted by Crippen LogP contribution is 2.33. The fraction of sp³-hybridized carbons (Fsp3) is 0.621. The van der Waals surface area contributed by atoms with Crippen LogP contribution in [0.1, 0.15) is 136 Å². The van der Waals surface area contributed by atoms with E-state index in [1.54, 1.807) is 6.33 Å². The molecule has 2 aromatic carbocycles. The lowest BCUT2D eigenvalue weighted by Crippen LogP contribution is -2.60. The van der Waals surface area contributed by atoms with Crippen molar-refractivity contribution in [3.05, 3.63) is 88.8 Å². The Morgan fingerprint density at radius 3 is 2.29 bits per heavy atom. The number of piperidine rings is 4. The van der Waals surface area contributed by atoms with E-state index < -0.39 is 11.6 Å². The van der Waals surface area contributed by atoms with Gasteiger partial charge in [-0.05, 0) is 131 Å². The van der Waals surface area contributed by atoms with E-state index in [2.05, 4.69) is 46.8 Å². The lowest BCUT2D eigenvalue weighted by molar-refractivity contribution is -0.139. The minimum Gasteiger partial charge on any atom is -0.380 e. The van der Waals surface area contributed by atoms with Gasteiger partial charge >= 0.3 is 0 Å². The number of H-pyrrole nitrogens is 1. The first-order chi connectivity index (χ1) is 37.0. The molecule has 4 amide bonds. The average molecular weight is 1060 g/mol. The number of likely N-dealkylation sites (tertiary alicyclic amines) is 3. The Hall–Kier alpha value is -5.17. The van der Waals surface area contributed by atoms with Gasteiger partial charge < -0.3 is 55.7 Å². The summed E-state index contributed by atoms with van der Waals surface area (Å²) in [5, 5.41) is 11.5. The van der Waals surface area contributed by atoms with Crippen molar-refractivity contribution in [3.8, 4) is 0 Å². The quantitative estimate of drug-likeness (QED) is 0.0604. The van der Waals surface area contributed by atoms with Gasteiger partial charge in [-0.15, -0.1) is 0 Å². The molecule has 6 aliphatic rings. The molecule has 0 spiro atoms. The highest BCUT2D eigenvalue weighted by Gasteiger charge is 2.40. The second-order valence-corrected chi connectivity index (χ2v) is 23.0. The van der Waals surface area contributed by atoms with Crippen LogP contribution in [-0.2, 0) is 23.9 Å². The fourth-order valence-electron chi connectivity index (χ4n) is 12.3. The van der Waals surface area contributed by atoms with Crippen molar-refractivity contribution in [2.45, 2.75) is 145 Å². The summed E-state index contributed by atoms with van der Waals surface area (Å²) in [7, 11) is 0. The van der Waals surface area contributed by atoms with Crippen LogP contribution in [0, 0.1) is 5.92 Å². The van der Waals surface area contributed by atoms with E-state index in [1.165, 1.54) is 0 Å². The van der Waals surface area contributed by atoms with E-state index in [9.17, 15) is 19.2 Å². The van der Waals surface area contributed by atoms with Crippen molar-refractivity contribution in [1.29, 1.82) is 0 Å². The summed E-state index contributed by atoms with van der Waals surface area (Å²) in [6.07, 6.45) is 18.2. The molecule has 4 aliphatic heterocycles. The number of rotatable bonds is 20. The van der Waals surface area contributed by atoms with Crippen molar-refractivity contribution in [1.82, 2.24) is 45.6 Å². The van der Waals surface area contributed by atoms with Crippen molar-refractivity contribution >= 4 is 52.1 Å². The first-order valence-corrected chi connectivity index (χ1v) is 29.0. The molecule has 2 aromatic heterocycles. The lowest BCUT2D eigenvalue weighted by Gasteiger charge is -2.39. The van der Waals surface area contributed by atoms with Gasteiger partial charge in [0.15, 0.2) is 0 Å². The van der Waals surface area contributed by atoms with Gasteiger partial charge in [0.1, 0.15) is 23.8 Å². The third kappa shape index (κ3) is 13.9. The number of anilines is 1. The van der Waals surface area contributed by atoms with Crippen LogP contribution in [0.25, 0.3) is 11.0 Å². The Bertz CT molecular complexity index is 2570. The Kier molecular flexibility index (Phi) is 18.2. The van der Waals surface area contributed by atoms with Gasteiger partial charge in [-0.2, -0.15) is 0 Å². The summed E-state index contributed by atoms with van der Waals surface area (Å²) in [5.41, 5.74) is 9.22. The van der Waals surface area contributed by atoms with E-state index >= 15 is 0 Å². The van der Waals surface area contributed by atoms with Crippen LogP contribution in [0.2, 0.25) is 5.02 Å². The standard InChI is InChI=1S/C58H80ClN11O6/c59-45-13-11-40(12-14-45)50(65-57(74)58(60)23-31-68(32-24-58)54-49-17-25-61-53(49)63-39-64-54)22-34-75-35-33-67-27-18-47(19-28-67)76-48-20-29-69(30-21-48)56(73)52(41-6-2-1-3-7-41)66-55(72)43-9-4-8-42(36-43)44-10-5-26-70(38-44)51(71)37-62-46-15-16-46/h4,8-9,11-14,17,25,36,39,41,44,46-48,50,52,62H,1-3,5-7,10,15-16,18-24,26-35,37-38,60H2,(H,65,74)(H,66,72)(H,61,63,64)/t44?,50-,52+/m0/s1. The number of amides is 4. The van der Waals surface area contributed by atoms with Gasteiger partial charge in [-0.3, -0.25) is 19.2 Å². The molecular formula is C58H80ClN11O6. The molecule has 410 valence electrons. The lowest BCUT2D eigenvalue weighted by atomic mass is 9.83. The van der Waals surface area contributed by atoms with Gasteiger partial charge in [-0.25, -0.2) is 9.97 Å². The van der Waals surface area contributed by atoms with Crippen LogP contribution >= 0.6 is 11.6 Å². The number of aromatic nitrogens is 3. The number of fused-ring (bicyclic) bond motifs is 1. The predicted molar refractivity (Wildman–Crippen MR) is 294 cm³/mol. The largest absolute Gasteiger partial charge is 0.380 e. The van der Waals surface area contributed by atoms with Gasteiger partial charge in [-0.1, -0.05) is 55.1 Å². The molecule has 0 bridgehead atoms. The van der Waals surface area contributed by atoms with Crippen molar-refractivity contribution in [2.75, 3.05) is 83.6 Å². The number of nitrogens with zero attached hydrogens (tertiary/aromatic N) is 6. The van der Waals surface area contributed by atoms with Gasteiger partial charge in [0.25, 0.3) is 5.91 Å². The van der Waals surface area contributed by atoms with Gasteiger partial charge in [0, 0.05) is 94.3 Å². The maximum Gasteiger partial charge on any atom is 0.251 e. The van der Waals surface area contributed by atoms with E-state index in [0.29, 0.717) is 88.4 Å². The van der Waals surface area contributed by atoms with Gasteiger partial charge in [0.2, 0.25) is 17.7 Å². The van der Waals surface area contributed by atoms with Crippen molar-refractivity contribution in [2.24, 2.45) is 11.7 Å². The summed E-state index contributed by atoms with van der Waals surface area (Å²) in [5.74, 6) is 0.970. The molecular weight excluding hydrogens is 982 g/mol. The number of halogens is 1. The number of hydrogen-bond acceptors (Lipinski definition) is 12. The molecule has 0 radical (unpaired) electrons. The molecule has 18 heteroatoms. The van der Waals surface area contributed by atoms with E-state index in [1.807, 2.05) is 64.5 Å². The second-order valence-electron chi connectivity index (χ2n) is 22.6. The smallest absolute Gasteiger partial charge is 0.251 e. The zero-order valence-corrected chi connectivity index (χ0v) is 45.0. The minimum atomic E-state index is -1.01. The number of aromatic amines is 1. The molecule has 2 aliphatic carbocycles. The Morgan fingerprint density at radius 1 is 0.789 bits per heavy atom. The maximum absolute atomic E-state index is 14.4. The molecule has 4 aromatic rings. The summed E-state index contributed by atoms with van der Waals surface area (Å²) in [6.45, 7) is 8.04. The fourth-order valence-corrected chi connectivity index (χ4v) is 12.5. The molecule has 6 heterocycles. The molecule has 3 atom stereocenters. The molecule has 1 unspecified atom stereocenters. The highest BCUT2D eigenvalue weighted by molar-refractivity contribution is 6.30. The van der Waals surface area contributed by atoms with Crippen LogP contribution in [0.5, 0.6) is 0 Å². The molecule has 10 rings (SSSR count). The average Bonchev–Trinajstić information content (AvgIpc) is 4.17. The van der Waals surface area contributed by atoms with E-state index in [0.717, 1.165) is 138 Å². The number of nitrogens with two attached hydrogens (primary N) is 1. The minimum absolute atomic E-state index is 0.0338. The summed E-state index contributed by atoms with van der Waals surface area (Å²) >= 11 is 6.26. The van der Waals surface area contributed by atoms with E-state index in [4.69, 9.17) is 26.8 Å².